The molecule has 0 saturated carbocycles. The molecule has 5 nitrogen and oxygen atoms in total. The van der Waals surface area contributed by atoms with E-state index in [1.54, 1.807) is 16.9 Å². The van der Waals surface area contributed by atoms with Gasteiger partial charge in [0.05, 0.1) is 17.9 Å². The molecule has 0 amide bonds. The molecule has 0 unspecified atom stereocenters. The number of rotatable bonds is 4. The van der Waals surface area contributed by atoms with Crippen molar-refractivity contribution >= 4 is 17.3 Å². The van der Waals surface area contributed by atoms with Gasteiger partial charge in [0, 0.05) is 34.7 Å². The smallest absolute Gasteiger partial charge is 0.256 e. The van der Waals surface area contributed by atoms with Crippen LogP contribution in [0, 0.1) is 0 Å². The summed E-state index contributed by atoms with van der Waals surface area (Å²) in [5.41, 5.74) is 11.2. The lowest BCUT2D eigenvalue weighted by atomic mass is 10.0. The van der Waals surface area contributed by atoms with Crippen molar-refractivity contribution in [2.45, 2.75) is 6.43 Å². The molecule has 0 spiro atoms. The standard InChI is InChI=1S/C24H19F2N5/c1-15-19-9-7-17(18-8-10-23(27)28-13-18)11-21(19)31-24(30(15)14-22(25)26)12-20(29-31)16-5-3-2-4-6-16/h2-13,22H,1,14H2,(H2,27,28). The molecule has 2 N–H and O–H groups in total. The highest BCUT2D eigenvalue weighted by atomic mass is 19.3. The Morgan fingerprint density at radius 3 is 2.42 bits per heavy atom. The topological polar surface area (TPSA) is 60.0 Å². The number of halogens is 2. The Morgan fingerprint density at radius 1 is 0.935 bits per heavy atom. The summed E-state index contributed by atoms with van der Waals surface area (Å²) in [7, 11) is 0. The third-order valence-corrected chi connectivity index (χ3v) is 5.34. The van der Waals surface area contributed by atoms with E-state index in [0.717, 1.165) is 27.9 Å². The van der Waals surface area contributed by atoms with Gasteiger partial charge in [0.1, 0.15) is 11.6 Å². The molecule has 2 aromatic heterocycles. The summed E-state index contributed by atoms with van der Waals surface area (Å²) >= 11 is 0. The van der Waals surface area contributed by atoms with Crippen molar-refractivity contribution in [1.29, 1.82) is 0 Å². The third-order valence-electron chi connectivity index (χ3n) is 5.34. The van der Waals surface area contributed by atoms with Gasteiger partial charge in [-0.2, -0.15) is 5.10 Å². The Labute approximate surface area is 178 Å². The van der Waals surface area contributed by atoms with E-state index >= 15 is 0 Å². The number of nitrogens with two attached hydrogens (primary N) is 1. The first-order valence-electron chi connectivity index (χ1n) is 9.78. The highest BCUT2D eigenvalue weighted by Crippen LogP contribution is 2.40. The maximum absolute atomic E-state index is 13.4. The van der Waals surface area contributed by atoms with Crippen LogP contribution in [0.15, 0.2) is 79.5 Å². The molecule has 154 valence electrons. The second-order valence-electron chi connectivity index (χ2n) is 7.32. The van der Waals surface area contributed by atoms with Crippen LogP contribution in [0.4, 0.5) is 20.4 Å². The van der Waals surface area contributed by atoms with E-state index in [1.165, 1.54) is 4.90 Å². The van der Waals surface area contributed by atoms with Gasteiger partial charge < -0.3 is 10.6 Å². The fourth-order valence-electron chi connectivity index (χ4n) is 3.82. The molecule has 1 aliphatic heterocycles. The fraction of sp³-hybridized carbons (Fsp3) is 0.0833. The quantitative estimate of drug-likeness (QED) is 0.495. The molecular formula is C24H19F2N5. The molecule has 3 heterocycles. The number of anilines is 2. The molecule has 0 atom stereocenters. The normalized spacial score (nSPS) is 12.7. The summed E-state index contributed by atoms with van der Waals surface area (Å²) in [4.78, 5) is 5.69. The SMILES string of the molecule is C=C1c2ccc(-c3ccc(N)nc3)cc2-n2nc(-c3ccccc3)cc2N1CC(F)F. The molecule has 0 fully saturated rings. The third kappa shape index (κ3) is 3.34. The van der Waals surface area contributed by atoms with Crippen LogP contribution >= 0.6 is 0 Å². The van der Waals surface area contributed by atoms with Crippen molar-refractivity contribution in [1.82, 2.24) is 14.8 Å². The van der Waals surface area contributed by atoms with Crippen molar-refractivity contribution in [3.05, 3.63) is 85.1 Å². The zero-order valence-corrected chi connectivity index (χ0v) is 16.5. The van der Waals surface area contributed by atoms with Crippen LogP contribution in [0.25, 0.3) is 33.8 Å². The molecule has 4 aromatic rings. The number of aromatic nitrogens is 3. The summed E-state index contributed by atoms with van der Waals surface area (Å²) in [6.07, 6.45) is -0.807. The van der Waals surface area contributed by atoms with E-state index in [0.29, 0.717) is 23.0 Å². The molecule has 0 bridgehead atoms. The zero-order valence-electron chi connectivity index (χ0n) is 16.5. The predicted molar refractivity (Wildman–Crippen MR) is 119 cm³/mol. The minimum absolute atomic E-state index is 0.444. The van der Waals surface area contributed by atoms with Gasteiger partial charge in [-0.05, 0) is 23.8 Å². The van der Waals surface area contributed by atoms with Crippen LogP contribution in [0.1, 0.15) is 5.56 Å². The Bertz CT molecular complexity index is 1260. The first-order valence-corrected chi connectivity index (χ1v) is 9.78. The molecule has 0 saturated heterocycles. The average molecular weight is 415 g/mol. The van der Waals surface area contributed by atoms with Gasteiger partial charge in [-0.25, -0.2) is 18.4 Å². The van der Waals surface area contributed by atoms with E-state index in [2.05, 4.69) is 11.6 Å². The fourth-order valence-corrected chi connectivity index (χ4v) is 3.82. The number of benzene rings is 2. The lowest BCUT2D eigenvalue weighted by Crippen LogP contribution is -2.32. The predicted octanol–water partition coefficient (Wildman–Crippen LogP) is 5.24. The van der Waals surface area contributed by atoms with Gasteiger partial charge in [-0.15, -0.1) is 0 Å². The van der Waals surface area contributed by atoms with Crippen LogP contribution < -0.4 is 10.6 Å². The molecule has 0 radical (unpaired) electrons. The first kappa shape index (κ1) is 19.0. The zero-order chi connectivity index (χ0) is 21.5. The van der Waals surface area contributed by atoms with Crippen LogP contribution in [-0.2, 0) is 0 Å². The van der Waals surface area contributed by atoms with Crippen LogP contribution in [-0.4, -0.2) is 27.7 Å². The minimum atomic E-state index is -2.51. The Hall–Kier alpha value is -4.00. The van der Waals surface area contributed by atoms with Crippen LogP contribution in [0.5, 0.6) is 0 Å². The summed E-state index contributed by atoms with van der Waals surface area (Å²) in [6.45, 7) is 3.65. The molecule has 1 aliphatic rings. The lowest BCUT2D eigenvalue weighted by molar-refractivity contribution is 0.157. The average Bonchev–Trinajstić information content (AvgIpc) is 3.23. The number of alkyl halides is 2. The van der Waals surface area contributed by atoms with Crippen molar-refractivity contribution in [3.63, 3.8) is 0 Å². The van der Waals surface area contributed by atoms with Gasteiger partial charge in [-0.3, -0.25) is 0 Å². The van der Waals surface area contributed by atoms with Crippen LogP contribution in [0.3, 0.4) is 0 Å². The molecule has 0 aliphatic carbocycles. The van der Waals surface area contributed by atoms with Gasteiger partial charge >= 0.3 is 0 Å². The number of nitrogens with zero attached hydrogens (tertiary/aromatic N) is 4. The molecule has 7 heteroatoms. The summed E-state index contributed by atoms with van der Waals surface area (Å²) < 4.78 is 28.5. The monoisotopic (exact) mass is 415 g/mol. The van der Waals surface area contributed by atoms with Gasteiger partial charge in [0.25, 0.3) is 6.43 Å². The highest BCUT2D eigenvalue weighted by Gasteiger charge is 2.29. The number of hydrogen-bond acceptors (Lipinski definition) is 4. The van der Waals surface area contributed by atoms with E-state index < -0.39 is 13.0 Å². The van der Waals surface area contributed by atoms with Crippen molar-refractivity contribution in [2.75, 3.05) is 17.2 Å². The molecular weight excluding hydrogens is 396 g/mol. The molecule has 5 rings (SSSR count). The first-order chi connectivity index (χ1) is 15.0. The number of fused-ring (bicyclic) bond motifs is 3. The van der Waals surface area contributed by atoms with E-state index in [4.69, 9.17) is 10.8 Å². The van der Waals surface area contributed by atoms with E-state index in [-0.39, 0.29) is 0 Å². The Kier molecular flexibility index (Phi) is 4.51. The highest BCUT2D eigenvalue weighted by molar-refractivity contribution is 5.88. The maximum atomic E-state index is 13.4. The van der Waals surface area contributed by atoms with Crippen LogP contribution in [0.2, 0.25) is 0 Å². The largest absolute Gasteiger partial charge is 0.384 e. The Morgan fingerprint density at radius 2 is 1.71 bits per heavy atom. The summed E-state index contributed by atoms with van der Waals surface area (Å²) in [5, 5.41) is 4.76. The van der Waals surface area contributed by atoms with Gasteiger partial charge in [0.2, 0.25) is 0 Å². The Balaban J connectivity index is 1.68. The second-order valence-corrected chi connectivity index (χ2v) is 7.32. The molecule has 31 heavy (non-hydrogen) atoms. The van der Waals surface area contributed by atoms with Crippen molar-refractivity contribution in [3.8, 4) is 28.1 Å². The second kappa shape index (κ2) is 7.36. The van der Waals surface area contributed by atoms with E-state index in [1.807, 2.05) is 60.7 Å². The van der Waals surface area contributed by atoms with Crippen molar-refractivity contribution < 1.29 is 8.78 Å². The minimum Gasteiger partial charge on any atom is -0.384 e. The molecule has 2 aromatic carbocycles. The lowest BCUT2D eigenvalue weighted by Gasteiger charge is -2.32. The van der Waals surface area contributed by atoms with Gasteiger partial charge in [-0.1, -0.05) is 49.0 Å². The number of hydrogen-bond donors (Lipinski definition) is 1. The van der Waals surface area contributed by atoms with Crippen molar-refractivity contribution in [2.24, 2.45) is 0 Å². The summed E-state index contributed by atoms with van der Waals surface area (Å²) in [5.74, 6) is 1.00. The number of nitrogen functional groups attached to an aromatic ring is 1. The summed E-state index contributed by atoms with van der Waals surface area (Å²) in [6, 6.07) is 20.9. The van der Waals surface area contributed by atoms with E-state index in [9.17, 15) is 8.78 Å². The maximum Gasteiger partial charge on any atom is 0.256 e. The van der Waals surface area contributed by atoms with Gasteiger partial charge in [0.15, 0.2) is 0 Å². The number of pyridine rings is 1.